The van der Waals surface area contributed by atoms with Gasteiger partial charge >= 0.3 is 5.69 Å². The molecule has 3 amide bonds. The van der Waals surface area contributed by atoms with Crippen LogP contribution in [0.2, 0.25) is 0 Å². The van der Waals surface area contributed by atoms with E-state index in [1.165, 1.54) is 23.7 Å². The summed E-state index contributed by atoms with van der Waals surface area (Å²) < 4.78 is 43.0. The molecule has 2 atom stereocenters. The highest BCUT2D eigenvalue weighted by molar-refractivity contribution is 6.08. The zero-order chi connectivity index (χ0) is 43.3. The molecule has 0 bridgehead atoms. The Morgan fingerprint density at radius 3 is 2.63 bits per heavy atom. The van der Waals surface area contributed by atoms with E-state index in [4.69, 9.17) is 9.15 Å². The monoisotopic (exact) mass is 855 g/mol. The van der Waals surface area contributed by atoms with Crippen LogP contribution in [-0.2, 0) is 27.8 Å². The molecule has 2 aliphatic carbocycles. The second-order valence-corrected chi connectivity index (χ2v) is 17.2. The summed E-state index contributed by atoms with van der Waals surface area (Å²) in [5, 5.41) is 8.29. The first kappa shape index (κ1) is 43.1. The molecule has 1 aromatic carbocycles. The summed E-state index contributed by atoms with van der Waals surface area (Å²) in [4.78, 5) is 66.0. The summed E-state index contributed by atoms with van der Waals surface area (Å²) in [5.74, 6) is 0.861. The number of halogens is 2. The molecular weight excluding hydrogens is 801 g/mol. The number of alkyl halides is 2. The summed E-state index contributed by atoms with van der Waals surface area (Å²) in [6.45, 7) is 3.73. The van der Waals surface area contributed by atoms with E-state index in [1.807, 2.05) is 18.2 Å². The van der Waals surface area contributed by atoms with Gasteiger partial charge in [-0.2, -0.15) is 0 Å². The minimum atomic E-state index is -2.83. The standard InChI is InChI=1S/C45H55F2N9O6/c1-54(20-22-61-21-4-6-30-5-3-7-35-40(30)55(2)45(60)56(35)36-14-15-38(57)53-43(36)59)19-17-27-10-12-29(13-11-27)32-24-33(39(50-32)41(46)47)51-42(58)34-26-62-44(52-34)31-16-18-48-37(23-31)49-25-28-8-9-28/h3,5,7,16,18,23-24,26-29,32,36,41H,4,6,8-15,17,19-22,25H2,1-2H3,(H,48,49)(H,51,58)(H,53,57,59)/t27-,29-,32?,36?. The average molecular weight is 856 g/mol. The second kappa shape index (κ2) is 19.2. The van der Waals surface area contributed by atoms with Crippen molar-refractivity contribution in [3.05, 3.63) is 76.3 Å². The van der Waals surface area contributed by atoms with E-state index in [2.05, 4.69) is 42.9 Å². The molecule has 330 valence electrons. The number of nitrogens with one attached hydrogen (secondary N) is 3. The molecule has 15 nitrogen and oxygen atoms in total. The zero-order valence-corrected chi connectivity index (χ0v) is 35.3. The highest BCUT2D eigenvalue weighted by atomic mass is 19.3. The van der Waals surface area contributed by atoms with E-state index in [0.29, 0.717) is 54.8 Å². The van der Waals surface area contributed by atoms with Gasteiger partial charge < -0.3 is 24.7 Å². The topological polar surface area (TPSA) is 178 Å². The predicted octanol–water partition coefficient (Wildman–Crippen LogP) is 5.67. The van der Waals surface area contributed by atoms with Crippen molar-refractivity contribution in [3.63, 3.8) is 0 Å². The molecule has 3 N–H and O–H groups in total. The third kappa shape index (κ3) is 10.0. The molecule has 4 aliphatic rings. The van der Waals surface area contributed by atoms with Gasteiger partial charge in [-0.3, -0.25) is 33.8 Å². The summed E-state index contributed by atoms with van der Waals surface area (Å²) in [6.07, 6.45) is 10.9. The predicted molar refractivity (Wildman–Crippen MR) is 229 cm³/mol. The summed E-state index contributed by atoms with van der Waals surface area (Å²) >= 11 is 0. The molecule has 0 spiro atoms. The lowest BCUT2D eigenvalue weighted by molar-refractivity contribution is -0.135. The molecule has 5 heterocycles. The Morgan fingerprint density at radius 2 is 1.85 bits per heavy atom. The first-order valence-electron chi connectivity index (χ1n) is 21.9. The van der Waals surface area contributed by atoms with E-state index in [9.17, 15) is 28.0 Å². The fourth-order valence-electron chi connectivity index (χ4n) is 8.94. The van der Waals surface area contributed by atoms with Gasteiger partial charge in [0.15, 0.2) is 5.69 Å². The number of carbonyl (C=O) groups is 3. The smallest absolute Gasteiger partial charge is 0.329 e. The number of carbonyl (C=O) groups excluding carboxylic acids is 3. The molecule has 3 fully saturated rings. The van der Waals surface area contributed by atoms with E-state index in [1.54, 1.807) is 36.0 Å². The lowest BCUT2D eigenvalue weighted by Crippen LogP contribution is -2.44. The fraction of sp³-hybridized carbons (Fsp3) is 0.533. The van der Waals surface area contributed by atoms with Gasteiger partial charge in [-0.05, 0) is 113 Å². The molecule has 1 saturated heterocycles. The van der Waals surface area contributed by atoms with Crippen LogP contribution in [0.4, 0.5) is 14.6 Å². The first-order chi connectivity index (χ1) is 30.0. The number of benzene rings is 1. The molecule has 4 aromatic rings. The quantitative estimate of drug-likeness (QED) is 0.0787. The molecule has 62 heavy (non-hydrogen) atoms. The van der Waals surface area contributed by atoms with Crippen molar-refractivity contribution in [3.8, 4) is 11.5 Å². The number of imide groups is 1. The number of aryl methyl sites for hydroxylation is 2. The van der Waals surface area contributed by atoms with Crippen molar-refractivity contribution < 1.29 is 32.3 Å². The molecule has 2 saturated carbocycles. The summed E-state index contributed by atoms with van der Waals surface area (Å²) in [7, 11) is 3.80. The number of anilines is 1. The number of hydrogen-bond acceptors (Lipinski definition) is 11. The maximum Gasteiger partial charge on any atom is 0.329 e. The van der Waals surface area contributed by atoms with Crippen LogP contribution in [0.1, 0.15) is 86.3 Å². The molecule has 17 heteroatoms. The fourth-order valence-corrected chi connectivity index (χ4v) is 8.94. The van der Waals surface area contributed by atoms with Crippen LogP contribution in [-0.4, -0.2) is 99.8 Å². The number of piperidine rings is 1. The molecule has 0 radical (unpaired) electrons. The van der Waals surface area contributed by atoms with Gasteiger partial charge in [0.05, 0.1) is 29.4 Å². The molecule has 2 unspecified atom stereocenters. The maximum absolute atomic E-state index is 14.2. The van der Waals surface area contributed by atoms with Gasteiger partial charge in [-0.25, -0.2) is 23.5 Å². The van der Waals surface area contributed by atoms with Crippen LogP contribution in [0.15, 0.2) is 68.8 Å². The number of likely N-dealkylation sites (N-methyl/N-ethyl adjacent to an activating group) is 1. The van der Waals surface area contributed by atoms with E-state index >= 15 is 0 Å². The van der Waals surface area contributed by atoms with Crippen molar-refractivity contribution >= 4 is 40.3 Å². The number of amides is 3. The number of imidazole rings is 1. The Kier molecular flexibility index (Phi) is 13.4. The van der Waals surface area contributed by atoms with Crippen LogP contribution >= 0.6 is 0 Å². The Balaban J connectivity index is 0.745. The van der Waals surface area contributed by atoms with Crippen LogP contribution in [0, 0.1) is 17.8 Å². The molecule has 8 rings (SSSR count). The third-order valence-corrected chi connectivity index (χ3v) is 12.7. The van der Waals surface area contributed by atoms with Crippen molar-refractivity contribution in [2.24, 2.45) is 29.8 Å². The van der Waals surface area contributed by atoms with Crippen LogP contribution in [0.25, 0.3) is 22.5 Å². The minimum absolute atomic E-state index is 0.0131. The highest BCUT2D eigenvalue weighted by Crippen LogP contribution is 2.37. The lowest BCUT2D eigenvalue weighted by Gasteiger charge is -2.31. The van der Waals surface area contributed by atoms with Crippen LogP contribution < -0.4 is 21.6 Å². The number of fused-ring (bicyclic) bond motifs is 1. The van der Waals surface area contributed by atoms with Crippen molar-refractivity contribution in [1.82, 2.24) is 34.6 Å². The Hall–Kier alpha value is -5.55. The van der Waals surface area contributed by atoms with Crippen molar-refractivity contribution in [2.75, 3.05) is 45.2 Å². The number of nitrogens with zero attached hydrogens (tertiary/aromatic N) is 6. The van der Waals surface area contributed by atoms with Gasteiger partial charge in [-0.1, -0.05) is 25.0 Å². The SMILES string of the molecule is CN(CCOCCCc1cccc2c1n(C)c(=O)n2C1CCC(=O)NC1=O)CC[C@H]1CC[C@H](C2C=C(NC(=O)c3coc(-c4ccnc(NCC5CC5)c4)n3)C(C(F)F)=N2)CC1. The molecule has 2 aliphatic heterocycles. The van der Waals surface area contributed by atoms with Gasteiger partial charge in [0.1, 0.15) is 23.8 Å². The number of hydrogen-bond donors (Lipinski definition) is 3. The number of allylic oxidation sites excluding steroid dienone is 1. The van der Waals surface area contributed by atoms with Gasteiger partial charge in [0.2, 0.25) is 17.7 Å². The third-order valence-electron chi connectivity index (χ3n) is 12.7. The zero-order valence-electron chi connectivity index (χ0n) is 35.3. The largest absolute Gasteiger partial charge is 0.444 e. The molecule has 3 aromatic heterocycles. The number of para-hydroxylation sites is 1. The Labute approximate surface area is 358 Å². The number of pyridine rings is 1. The van der Waals surface area contributed by atoms with Crippen molar-refractivity contribution in [1.29, 1.82) is 0 Å². The highest BCUT2D eigenvalue weighted by Gasteiger charge is 2.35. The maximum atomic E-state index is 14.2. The second-order valence-electron chi connectivity index (χ2n) is 17.2. The average Bonchev–Trinajstić information content (AvgIpc) is 3.67. The molecular formula is C45H55F2N9O6. The number of oxazole rings is 1. The summed E-state index contributed by atoms with van der Waals surface area (Å²) in [5.41, 5.74) is 2.48. The normalized spacial score (nSPS) is 21.7. The number of aliphatic imine (C=N–C) groups is 1. The van der Waals surface area contributed by atoms with Gasteiger partial charge in [-0.15, -0.1) is 0 Å². The number of aromatic nitrogens is 4. The van der Waals surface area contributed by atoms with Crippen molar-refractivity contribution in [2.45, 2.75) is 89.1 Å². The van der Waals surface area contributed by atoms with Gasteiger partial charge in [0.25, 0.3) is 12.3 Å². The van der Waals surface area contributed by atoms with E-state index < -0.39 is 36.0 Å². The van der Waals surface area contributed by atoms with Crippen LogP contribution in [0.3, 0.4) is 0 Å². The summed E-state index contributed by atoms with van der Waals surface area (Å²) in [6, 6.07) is 8.15. The van der Waals surface area contributed by atoms with Gasteiger partial charge in [0, 0.05) is 44.9 Å². The van der Waals surface area contributed by atoms with Crippen LogP contribution in [0.5, 0.6) is 0 Å². The number of ether oxygens (including phenoxy) is 1. The van der Waals surface area contributed by atoms with E-state index in [0.717, 1.165) is 69.2 Å². The lowest BCUT2D eigenvalue weighted by atomic mass is 9.77. The Morgan fingerprint density at radius 1 is 1.05 bits per heavy atom. The minimum Gasteiger partial charge on any atom is -0.444 e. The Bertz CT molecular complexity index is 2390. The van der Waals surface area contributed by atoms with E-state index in [-0.39, 0.29) is 41.2 Å². The first-order valence-corrected chi connectivity index (χ1v) is 21.9. The number of rotatable bonds is 19.